The van der Waals surface area contributed by atoms with Crippen LogP contribution in [0.4, 0.5) is 5.82 Å². The summed E-state index contributed by atoms with van der Waals surface area (Å²) in [6.07, 6.45) is 4.29. The van der Waals surface area contributed by atoms with E-state index in [0.29, 0.717) is 22.9 Å². The zero-order valence-corrected chi connectivity index (χ0v) is 28.8. The van der Waals surface area contributed by atoms with Crippen molar-refractivity contribution < 1.29 is 28.7 Å². The van der Waals surface area contributed by atoms with E-state index in [1.165, 1.54) is 0 Å². The van der Waals surface area contributed by atoms with Crippen molar-refractivity contribution in [1.29, 1.82) is 5.26 Å². The molecule has 5 amide bonds. The van der Waals surface area contributed by atoms with Crippen LogP contribution in [-0.4, -0.2) is 92.9 Å². The van der Waals surface area contributed by atoms with Gasteiger partial charge >= 0.3 is 0 Å². The first-order chi connectivity index (χ1) is 25.1. The maximum Gasteiger partial charge on any atom is 0.272 e. The van der Waals surface area contributed by atoms with Gasteiger partial charge in [0, 0.05) is 50.2 Å². The van der Waals surface area contributed by atoms with Gasteiger partial charge in [0.25, 0.3) is 17.7 Å². The van der Waals surface area contributed by atoms with Crippen LogP contribution in [0.25, 0.3) is 0 Å². The predicted molar refractivity (Wildman–Crippen MR) is 185 cm³/mol. The van der Waals surface area contributed by atoms with Crippen LogP contribution in [0.3, 0.4) is 0 Å². The lowest BCUT2D eigenvalue weighted by atomic mass is 9.87. The Kier molecular flexibility index (Phi) is 8.84. The van der Waals surface area contributed by atoms with Crippen LogP contribution in [0.15, 0.2) is 48.5 Å². The van der Waals surface area contributed by atoms with Gasteiger partial charge < -0.3 is 15.0 Å². The first-order valence-corrected chi connectivity index (χ1v) is 17.9. The fourth-order valence-electron chi connectivity index (χ4n) is 8.10. The Hall–Kier alpha value is -5.39. The zero-order valence-electron chi connectivity index (χ0n) is 28.1. The molecule has 0 radical (unpaired) electrons. The zero-order chi connectivity index (χ0) is 36.1. The van der Waals surface area contributed by atoms with E-state index in [-0.39, 0.29) is 59.8 Å². The van der Waals surface area contributed by atoms with E-state index in [1.54, 1.807) is 36.4 Å². The van der Waals surface area contributed by atoms with E-state index in [4.69, 9.17) is 21.6 Å². The quantitative estimate of drug-likeness (QED) is 0.327. The average molecular weight is 723 g/mol. The molecule has 1 aromatic heterocycles. The van der Waals surface area contributed by atoms with Crippen molar-refractivity contribution in [2.24, 2.45) is 0 Å². The fraction of sp³-hybridized carbons (Fsp3) is 0.405. The largest absolute Gasteiger partial charge is 0.490 e. The Bertz CT molecular complexity index is 2010. The second-order valence-electron chi connectivity index (χ2n) is 14.1. The van der Waals surface area contributed by atoms with Crippen molar-refractivity contribution in [3.63, 3.8) is 0 Å². The van der Waals surface area contributed by atoms with Crippen LogP contribution in [0.5, 0.6) is 5.75 Å². The highest BCUT2D eigenvalue weighted by atomic mass is 35.5. The Morgan fingerprint density at radius 3 is 2.40 bits per heavy atom. The number of benzene rings is 2. The molecule has 3 aromatic rings. The minimum atomic E-state index is -0.991. The molecule has 3 atom stereocenters. The van der Waals surface area contributed by atoms with E-state index >= 15 is 0 Å². The molecule has 6 heterocycles. The monoisotopic (exact) mass is 722 g/mol. The highest BCUT2D eigenvalue weighted by Crippen LogP contribution is 2.37. The summed E-state index contributed by atoms with van der Waals surface area (Å²) >= 11 is 6.13. The molecule has 5 fully saturated rings. The molecule has 52 heavy (non-hydrogen) atoms. The maximum atomic E-state index is 13.3. The average Bonchev–Trinajstić information content (AvgIpc) is 3.37. The number of hydrogen-bond donors (Lipinski definition) is 2. The van der Waals surface area contributed by atoms with E-state index in [2.05, 4.69) is 30.6 Å². The van der Waals surface area contributed by atoms with Gasteiger partial charge in [-0.15, -0.1) is 10.2 Å². The topological polar surface area (TPSA) is 178 Å². The lowest BCUT2D eigenvalue weighted by Gasteiger charge is -2.56. The number of anilines is 1. The Morgan fingerprint density at radius 1 is 0.942 bits per heavy atom. The minimum absolute atomic E-state index is 0.00392. The standard InChI is InChI=1S/C37H35ClN8O6/c38-29-15-26(5-2-21(29)16-39)52-25-6-3-22(4-7-25)40-34(48)30-9-11-32(43-42-30)45-23-14-24(45)19-44(18-23)17-20-1-8-27-28(13-20)37(51)46(36(27)50)31-10-12-33(47)41-35(31)49/h1-2,5,8-9,11,13,15,22-25,31H,3-4,6-7,10,12,14,17-19H2,(H,40,48)(H,41,47,49). The van der Waals surface area contributed by atoms with Gasteiger partial charge in [-0.2, -0.15) is 5.26 Å². The predicted octanol–water partition coefficient (Wildman–Crippen LogP) is 2.99. The lowest BCUT2D eigenvalue weighted by Crippen LogP contribution is -2.69. The van der Waals surface area contributed by atoms with E-state index in [0.717, 1.165) is 61.5 Å². The number of carbonyl (C=O) groups is 5. The van der Waals surface area contributed by atoms with Crippen molar-refractivity contribution >= 4 is 47.0 Å². The number of halogens is 1. The van der Waals surface area contributed by atoms with Crippen molar-refractivity contribution in [1.82, 2.24) is 30.6 Å². The van der Waals surface area contributed by atoms with Crippen molar-refractivity contribution in [3.05, 3.63) is 81.5 Å². The van der Waals surface area contributed by atoms with Crippen LogP contribution in [0.2, 0.25) is 5.02 Å². The number of rotatable bonds is 8. The van der Waals surface area contributed by atoms with Gasteiger partial charge in [-0.25, -0.2) is 0 Å². The number of imide groups is 2. The van der Waals surface area contributed by atoms with Crippen LogP contribution in [0, 0.1) is 11.3 Å². The number of amides is 5. The van der Waals surface area contributed by atoms with E-state index in [9.17, 15) is 24.0 Å². The van der Waals surface area contributed by atoms with E-state index < -0.39 is 29.7 Å². The smallest absolute Gasteiger partial charge is 0.272 e. The molecule has 2 N–H and O–H groups in total. The second kappa shape index (κ2) is 13.6. The number of piperazine rings is 1. The molecule has 4 saturated heterocycles. The number of nitrogens with zero attached hydrogens (tertiary/aromatic N) is 6. The third-order valence-electron chi connectivity index (χ3n) is 10.7. The molecule has 2 bridgehead atoms. The molecule has 6 aliphatic rings. The summed E-state index contributed by atoms with van der Waals surface area (Å²) in [4.78, 5) is 68.9. The van der Waals surface area contributed by atoms with Gasteiger partial charge in [0.15, 0.2) is 11.5 Å². The fourth-order valence-corrected chi connectivity index (χ4v) is 8.31. The molecule has 1 saturated carbocycles. The number of fused-ring (bicyclic) bond motifs is 3. The number of nitrogens with one attached hydrogen (secondary N) is 2. The minimum Gasteiger partial charge on any atom is -0.490 e. The van der Waals surface area contributed by atoms with Crippen molar-refractivity contribution in [2.45, 2.75) is 81.8 Å². The molecule has 15 heteroatoms. The van der Waals surface area contributed by atoms with Crippen LogP contribution < -0.4 is 20.3 Å². The number of piperidine rings is 2. The molecule has 3 unspecified atom stereocenters. The number of nitriles is 1. The van der Waals surface area contributed by atoms with Crippen LogP contribution in [0.1, 0.15) is 87.3 Å². The summed E-state index contributed by atoms with van der Waals surface area (Å²) in [6.45, 7) is 2.14. The third-order valence-corrected chi connectivity index (χ3v) is 11.0. The van der Waals surface area contributed by atoms with Crippen molar-refractivity contribution in [2.75, 3.05) is 18.0 Å². The second-order valence-corrected chi connectivity index (χ2v) is 14.5. The summed E-state index contributed by atoms with van der Waals surface area (Å²) in [5, 5.41) is 23.4. The summed E-state index contributed by atoms with van der Waals surface area (Å²) in [5.41, 5.74) is 2.12. The maximum absolute atomic E-state index is 13.3. The van der Waals surface area contributed by atoms with E-state index in [1.807, 2.05) is 18.2 Å². The van der Waals surface area contributed by atoms with Crippen molar-refractivity contribution in [3.8, 4) is 11.8 Å². The molecular weight excluding hydrogens is 688 g/mol. The van der Waals surface area contributed by atoms with Gasteiger partial charge in [-0.1, -0.05) is 17.7 Å². The summed E-state index contributed by atoms with van der Waals surface area (Å²) in [6, 6.07) is 15.4. The first-order valence-electron chi connectivity index (χ1n) is 17.5. The van der Waals surface area contributed by atoms with Gasteiger partial charge in [0.2, 0.25) is 11.8 Å². The molecule has 5 aliphatic heterocycles. The number of hydrogen-bond acceptors (Lipinski definition) is 11. The normalized spacial score (nSPS) is 25.6. The highest BCUT2D eigenvalue weighted by molar-refractivity contribution is 6.31. The molecule has 14 nitrogen and oxygen atoms in total. The Morgan fingerprint density at radius 2 is 1.71 bits per heavy atom. The van der Waals surface area contributed by atoms with Gasteiger partial charge in [-0.3, -0.25) is 39.1 Å². The molecule has 9 rings (SSSR count). The molecule has 0 spiro atoms. The molecule has 2 aromatic carbocycles. The molecule has 1 aliphatic carbocycles. The number of aromatic nitrogens is 2. The van der Waals surface area contributed by atoms with Crippen LogP contribution >= 0.6 is 11.6 Å². The van der Waals surface area contributed by atoms with Gasteiger partial charge in [0.1, 0.15) is 17.9 Å². The molecular formula is C37H35ClN8O6. The van der Waals surface area contributed by atoms with Gasteiger partial charge in [0.05, 0.1) is 27.8 Å². The summed E-state index contributed by atoms with van der Waals surface area (Å²) in [7, 11) is 0. The number of carbonyl (C=O) groups excluding carboxylic acids is 5. The van der Waals surface area contributed by atoms with Gasteiger partial charge in [-0.05, 0) is 80.5 Å². The summed E-state index contributed by atoms with van der Waals surface area (Å²) < 4.78 is 6.06. The number of ether oxygens (including phenoxy) is 1. The summed E-state index contributed by atoms with van der Waals surface area (Å²) in [5.74, 6) is -0.954. The third kappa shape index (κ3) is 6.35. The van der Waals surface area contributed by atoms with Crippen LogP contribution in [-0.2, 0) is 16.1 Å². The lowest BCUT2D eigenvalue weighted by molar-refractivity contribution is -0.136. The highest BCUT2D eigenvalue weighted by Gasteiger charge is 2.47. The molecule has 266 valence electrons. The Balaban J connectivity index is 0.818. The first kappa shape index (κ1) is 33.7. The Labute approximate surface area is 304 Å². The SMILES string of the molecule is N#Cc1ccc(OC2CCC(NC(=O)c3ccc(N4C5CC4CN(Cc4ccc6c(c4)C(=O)N(C4CCC(=O)NC4=O)C6=O)C5)nn3)CC2)cc1Cl.